The van der Waals surface area contributed by atoms with Gasteiger partial charge in [0.15, 0.2) is 0 Å². The van der Waals surface area contributed by atoms with E-state index in [1.165, 1.54) is 32.8 Å². The van der Waals surface area contributed by atoms with Gasteiger partial charge in [0.25, 0.3) is 0 Å². The molecule has 1 saturated carbocycles. The minimum absolute atomic E-state index is 0. The van der Waals surface area contributed by atoms with Crippen LogP contribution in [-0.2, 0) is 10.5 Å². The molecule has 6 heteroatoms. The molecule has 1 fully saturated rings. The molecule has 0 aliphatic heterocycles. The van der Waals surface area contributed by atoms with E-state index >= 15 is 0 Å². The average molecular weight is 365 g/mol. The number of nitrogens with zero attached hydrogens (tertiary/aromatic N) is 1. The summed E-state index contributed by atoms with van der Waals surface area (Å²) in [7, 11) is 1.35. The van der Waals surface area contributed by atoms with E-state index in [4.69, 9.17) is 10.2 Å². The van der Waals surface area contributed by atoms with Crippen molar-refractivity contribution in [1.29, 1.82) is 0 Å². The Morgan fingerprint density at radius 2 is 1.92 bits per heavy atom. The maximum atomic E-state index is 11.3. The van der Waals surface area contributed by atoms with Gasteiger partial charge in [0, 0.05) is 17.4 Å². The minimum Gasteiger partial charge on any atom is -0.465 e. The van der Waals surface area contributed by atoms with Gasteiger partial charge in [-0.25, -0.2) is 9.78 Å². The van der Waals surface area contributed by atoms with E-state index in [0.717, 1.165) is 17.0 Å². The Bertz CT molecular complexity index is 662. The maximum absolute atomic E-state index is 11.3. The van der Waals surface area contributed by atoms with E-state index in [0.29, 0.717) is 23.2 Å². The van der Waals surface area contributed by atoms with Gasteiger partial charge in [-0.15, -0.1) is 0 Å². The lowest BCUT2D eigenvalue weighted by molar-refractivity contribution is 0.0600. The number of carbonyl (C=O) groups is 1. The van der Waals surface area contributed by atoms with Gasteiger partial charge >= 0.3 is 5.97 Å². The molecule has 1 heterocycles. The molecule has 2 aromatic rings. The predicted octanol–water partition coefficient (Wildman–Crippen LogP) is 4.39. The SMILES string of the molecule is C.COC(=O)c1ccc(-c2nc(CS)c(C)o2)cc1.NC1CCCC1. The van der Waals surface area contributed by atoms with Gasteiger partial charge in [0.05, 0.1) is 18.4 Å². The van der Waals surface area contributed by atoms with Crippen LogP contribution in [0.1, 0.15) is 54.9 Å². The van der Waals surface area contributed by atoms with Crippen molar-refractivity contribution in [2.24, 2.45) is 5.73 Å². The molecule has 0 spiro atoms. The summed E-state index contributed by atoms with van der Waals surface area (Å²) in [6.45, 7) is 1.85. The van der Waals surface area contributed by atoms with Crippen molar-refractivity contribution < 1.29 is 13.9 Å². The summed E-state index contributed by atoms with van der Waals surface area (Å²) in [5, 5.41) is 0. The molecule has 1 aromatic heterocycles. The fourth-order valence-corrected chi connectivity index (χ4v) is 2.82. The highest BCUT2D eigenvalue weighted by molar-refractivity contribution is 7.79. The Morgan fingerprint density at radius 3 is 2.32 bits per heavy atom. The summed E-state index contributed by atoms with van der Waals surface area (Å²) in [6, 6.07) is 7.46. The number of rotatable bonds is 3. The summed E-state index contributed by atoms with van der Waals surface area (Å²) < 4.78 is 10.2. The van der Waals surface area contributed by atoms with Crippen LogP contribution in [0.25, 0.3) is 11.5 Å². The number of methoxy groups -OCH3 is 1. The third-order valence-electron chi connectivity index (χ3n) is 4.00. The van der Waals surface area contributed by atoms with Crippen LogP contribution in [0, 0.1) is 6.92 Å². The monoisotopic (exact) mass is 364 g/mol. The summed E-state index contributed by atoms with van der Waals surface area (Å²) >= 11 is 4.18. The number of thiol groups is 1. The number of carbonyl (C=O) groups excluding carboxylic acids is 1. The molecular formula is C19H28N2O3S. The standard InChI is InChI=1S/C13H13NO3S.C5H11N.CH4/c1-8-11(7-18)14-12(17-8)9-3-5-10(6-4-9)13(15)16-2;6-5-3-1-2-4-5;/h3-6,18H,7H2,1-2H3;5H,1-4,6H2;1H4. The number of nitrogens with two attached hydrogens (primary N) is 1. The van der Waals surface area contributed by atoms with E-state index in [1.807, 2.05) is 6.92 Å². The number of oxazole rings is 1. The molecule has 0 unspecified atom stereocenters. The summed E-state index contributed by atoms with van der Waals surface area (Å²) in [4.78, 5) is 15.6. The molecular weight excluding hydrogens is 336 g/mol. The second kappa shape index (κ2) is 10.3. The number of aryl methyl sites for hydroxylation is 1. The predicted molar refractivity (Wildman–Crippen MR) is 104 cm³/mol. The normalized spacial score (nSPS) is 13.6. The third kappa shape index (κ3) is 5.90. The van der Waals surface area contributed by atoms with Crippen molar-refractivity contribution in [3.05, 3.63) is 41.3 Å². The van der Waals surface area contributed by atoms with Crippen LogP contribution in [0.2, 0.25) is 0 Å². The quantitative estimate of drug-likeness (QED) is 0.624. The van der Waals surface area contributed by atoms with E-state index < -0.39 is 0 Å². The highest BCUT2D eigenvalue weighted by Gasteiger charge is 2.11. The fraction of sp³-hybridized carbons (Fsp3) is 0.474. The second-order valence-electron chi connectivity index (χ2n) is 5.79. The minimum atomic E-state index is -0.360. The lowest BCUT2D eigenvalue weighted by Crippen LogP contribution is -2.13. The van der Waals surface area contributed by atoms with E-state index in [9.17, 15) is 4.79 Å². The van der Waals surface area contributed by atoms with Crippen LogP contribution in [0.4, 0.5) is 0 Å². The molecule has 0 bridgehead atoms. The Morgan fingerprint density at radius 1 is 1.32 bits per heavy atom. The first-order chi connectivity index (χ1) is 11.5. The lowest BCUT2D eigenvalue weighted by Gasteiger charge is -1.99. The molecule has 0 amide bonds. The van der Waals surface area contributed by atoms with Crippen molar-refractivity contribution >= 4 is 18.6 Å². The number of hydrogen-bond donors (Lipinski definition) is 2. The van der Waals surface area contributed by atoms with Crippen molar-refractivity contribution in [3.8, 4) is 11.5 Å². The Labute approximate surface area is 155 Å². The highest BCUT2D eigenvalue weighted by Crippen LogP contribution is 2.23. The Balaban J connectivity index is 0.000000379. The summed E-state index contributed by atoms with van der Waals surface area (Å²) in [6.07, 6.45) is 5.25. The van der Waals surface area contributed by atoms with Crippen LogP contribution >= 0.6 is 12.6 Å². The third-order valence-corrected chi connectivity index (χ3v) is 4.29. The second-order valence-corrected chi connectivity index (χ2v) is 6.11. The van der Waals surface area contributed by atoms with Crippen LogP contribution in [-0.4, -0.2) is 24.1 Å². The molecule has 0 radical (unpaired) electrons. The van der Waals surface area contributed by atoms with E-state index in [-0.39, 0.29) is 13.4 Å². The first-order valence-corrected chi connectivity index (χ1v) is 8.70. The van der Waals surface area contributed by atoms with Crippen molar-refractivity contribution in [2.75, 3.05) is 7.11 Å². The van der Waals surface area contributed by atoms with Gasteiger partial charge < -0.3 is 14.9 Å². The molecule has 0 saturated heterocycles. The fourth-order valence-electron chi connectivity index (χ4n) is 2.52. The van der Waals surface area contributed by atoms with Gasteiger partial charge in [-0.1, -0.05) is 20.3 Å². The molecule has 25 heavy (non-hydrogen) atoms. The zero-order valence-corrected chi connectivity index (χ0v) is 15.0. The summed E-state index contributed by atoms with van der Waals surface area (Å²) in [5.74, 6) is 1.47. The number of hydrogen-bond acceptors (Lipinski definition) is 6. The lowest BCUT2D eigenvalue weighted by atomic mass is 10.1. The van der Waals surface area contributed by atoms with Crippen LogP contribution in [0.15, 0.2) is 28.7 Å². The Hall–Kier alpha value is -1.79. The zero-order valence-electron chi connectivity index (χ0n) is 14.1. The first kappa shape index (κ1) is 21.3. The summed E-state index contributed by atoms with van der Waals surface area (Å²) in [5.41, 5.74) is 7.68. The van der Waals surface area contributed by atoms with Crippen LogP contribution in [0.5, 0.6) is 0 Å². The van der Waals surface area contributed by atoms with Gasteiger partial charge in [0.1, 0.15) is 5.76 Å². The number of esters is 1. The maximum Gasteiger partial charge on any atom is 0.337 e. The molecule has 1 aromatic carbocycles. The number of ether oxygens (including phenoxy) is 1. The van der Waals surface area contributed by atoms with Crippen molar-refractivity contribution in [3.63, 3.8) is 0 Å². The smallest absolute Gasteiger partial charge is 0.337 e. The average Bonchev–Trinajstić information content (AvgIpc) is 3.23. The van der Waals surface area contributed by atoms with Gasteiger partial charge in [0.2, 0.25) is 5.89 Å². The topological polar surface area (TPSA) is 78.3 Å². The number of aromatic nitrogens is 1. The zero-order chi connectivity index (χ0) is 17.5. The molecule has 2 N–H and O–H groups in total. The molecule has 0 atom stereocenters. The first-order valence-electron chi connectivity index (χ1n) is 8.06. The van der Waals surface area contributed by atoms with E-state index in [2.05, 4.69) is 22.3 Å². The molecule has 5 nitrogen and oxygen atoms in total. The van der Waals surface area contributed by atoms with Gasteiger partial charge in [-0.2, -0.15) is 12.6 Å². The van der Waals surface area contributed by atoms with Crippen molar-refractivity contribution in [1.82, 2.24) is 4.98 Å². The largest absolute Gasteiger partial charge is 0.465 e. The molecule has 3 rings (SSSR count). The van der Waals surface area contributed by atoms with Gasteiger partial charge in [-0.3, -0.25) is 0 Å². The molecule has 1 aliphatic rings. The number of benzene rings is 1. The van der Waals surface area contributed by atoms with Crippen LogP contribution < -0.4 is 5.73 Å². The van der Waals surface area contributed by atoms with Crippen LogP contribution in [0.3, 0.4) is 0 Å². The highest BCUT2D eigenvalue weighted by atomic mass is 32.1. The molecule has 1 aliphatic carbocycles. The van der Waals surface area contributed by atoms with E-state index in [1.54, 1.807) is 24.3 Å². The van der Waals surface area contributed by atoms with Crippen molar-refractivity contribution in [2.45, 2.75) is 51.8 Å². The van der Waals surface area contributed by atoms with Gasteiger partial charge in [-0.05, 0) is 44.0 Å². The molecule has 138 valence electrons. The Kier molecular flexibility index (Phi) is 8.72.